The van der Waals surface area contributed by atoms with Crippen LogP contribution >= 0.6 is 12.2 Å². The van der Waals surface area contributed by atoms with Crippen LogP contribution in [0.15, 0.2) is 54.7 Å². The minimum Gasteiger partial charge on any atom is -0.495 e. The van der Waals surface area contributed by atoms with Crippen LogP contribution in [-0.4, -0.2) is 51.4 Å². The zero-order valence-corrected chi connectivity index (χ0v) is 23.0. The SMILES string of the molecule is CCCCOc1ccc(N2C(=O)C[C@H](N(Cc3cn(C)nc3C)C(=S)Nc3ccccc3OC)C2=O)cc1. The highest BCUT2D eigenvalue weighted by Crippen LogP contribution is 2.30. The van der Waals surface area contributed by atoms with Crippen molar-refractivity contribution in [1.29, 1.82) is 0 Å². The summed E-state index contributed by atoms with van der Waals surface area (Å²) in [4.78, 5) is 29.9. The molecule has 1 saturated heterocycles. The number of unbranched alkanes of at least 4 members (excludes halogenated alkanes) is 1. The molecule has 0 aliphatic carbocycles. The van der Waals surface area contributed by atoms with Crippen LogP contribution < -0.4 is 19.7 Å². The molecular weight excluding hydrogens is 502 g/mol. The molecule has 200 valence electrons. The van der Waals surface area contributed by atoms with Crippen LogP contribution in [0.3, 0.4) is 0 Å². The average Bonchev–Trinajstić information content (AvgIpc) is 3.38. The molecule has 4 rings (SSSR count). The molecule has 1 N–H and O–H groups in total. The van der Waals surface area contributed by atoms with E-state index in [1.54, 1.807) is 41.0 Å². The standard InChI is InChI=1S/C28H33N5O4S/c1-5-6-15-37-22-13-11-21(12-14-22)33-26(34)16-24(27(33)35)32(18-20-17-31(3)30-19(20)2)28(38)29-23-9-7-8-10-25(23)36-4/h7-14,17,24H,5-6,15-16,18H2,1-4H3,(H,29,38)/t24-/m0/s1. The first-order valence-electron chi connectivity index (χ1n) is 12.6. The van der Waals surface area contributed by atoms with Gasteiger partial charge in [-0.05, 0) is 62.0 Å². The summed E-state index contributed by atoms with van der Waals surface area (Å²) < 4.78 is 12.9. The lowest BCUT2D eigenvalue weighted by atomic mass is 10.1. The van der Waals surface area contributed by atoms with Gasteiger partial charge in [-0.1, -0.05) is 25.5 Å². The lowest BCUT2D eigenvalue weighted by Gasteiger charge is -2.30. The number of rotatable bonds is 10. The van der Waals surface area contributed by atoms with Crippen LogP contribution in [0.1, 0.15) is 37.4 Å². The van der Waals surface area contributed by atoms with E-state index in [0.29, 0.717) is 41.1 Å². The van der Waals surface area contributed by atoms with Crippen LogP contribution in [0, 0.1) is 6.92 Å². The smallest absolute Gasteiger partial charge is 0.257 e. The van der Waals surface area contributed by atoms with Crippen LogP contribution in [0.2, 0.25) is 0 Å². The maximum absolute atomic E-state index is 13.7. The van der Waals surface area contributed by atoms with Gasteiger partial charge in [0.1, 0.15) is 17.5 Å². The quantitative estimate of drug-likeness (QED) is 0.232. The van der Waals surface area contributed by atoms with Crippen LogP contribution in [0.25, 0.3) is 0 Å². The van der Waals surface area contributed by atoms with Gasteiger partial charge in [-0.15, -0.1) is 0 Å². The number of para-hydroxylation sites is 2. The van der Waals surface area contributed by atoms with Crippen molar-refractivity contribution in [2.75, 3.05) is 23.9 Å². The van der Waals surface area contributed by atoms with E-state index < -0.39 is 6.04 Å². The molecule has 1 aliphatic heterocycles. The Morgan fingerprint density at radius 3 is 2.58 bits per heavy atom. The maximum Gasteiger partial charge on any atom is 0.257 e. The number of anilines is 2. The van der Waals surface area contributed by atoms with E-state index in [9.17, 15) is 9.59 Å². The minimum absolute atomic E-state index is 0.000634. The van der Waals surface area contributed by atoms with E-state index in [1.807, 2.05) is 44.4 Å². The second-order valence-corrected chi connectivity index (χ2v) is 9.54. The highest BCUT2D eigenvalue weighted by atomic mass is 32.1. The van der Waals surface area contributed by atoms with E-state index in [0.717, 1.165) is 24.1 Å². The van der Waals surface area contributed by atoms with Crippen LogP contribution in [-0.2, 0) is 23.2 Å². The molecule has 9 nitrogen and oxygen atoms in total. The first-order valence-corrected chi connectivity index (χ1v) is 13.0. The lowest BCUT2D eigenvalue weighted by Crippen LogP contribution is -2.46. The van der Waals surface area contributed by atoms with Gasteiger partial charge >= 0.3 is 0 Å². The predicted molar refractivity (Wildman–Crippen MR) is 150 cm³/mol. The van der Waals surface area contributed by atoms with Crippen molar-refractivity contribution in [3.05, 3.63) is 66.0 Å². The van der Waals surface area contributed by atoms with Crippen molar-refractivity contribution in [2.45, 2.75) is 45.7 Å². The molecule has 0 spiro atoms. The predicted octanol–water partition coefficient (Wildman–Crippen LogP) is 4.45. The Bertz CT molecular complexity index is 1310. The molecule has 1 aliphatic rings. The van der Waals surface area contributed by atoms with Gasteiger partial charge in [-0.25, -0.2) is 4.90 Å². The number of imide groups is 1. The number of benzene rings is 2. The fraction of sp³-hybridized carbons (Fsp3) is 0.357. The summed E-state index contributed by atoms with van der Waals surface area (Å²) in [7, 11) is 3.42. The largest absolute Gasteiger partial charge is 0.495 e. The Kier molecular flexibility index (Phi) is 8.62. The highest BCUT2D eigenvalue weighted by Gasteiger charge is 2.44. The minimum atomic E-state index is -0.780. The number of ether oxygens (including phenoxy) is 2. The van der Waals surface area contributed by atoms with Gasteiger partial charge in [0.15, 0.2) is 5.11 Å². The van der Waals surface area contributed by atoms with Gasteiger partial charge in [0, 0.05) is 25.4 Å². The second kappa shape index (κ2) is 12.1. The van der Waals surface area contributed by atoms with Crippen molar-refractivity contribution in [1.82, 2.24) is 14.7 Å². The van der Waals surface area contributed by atoms with Crippen molar-refractivity contribution >= 4 is 40.5 Å². The number of aromatic nitrogens is 2. The molecule has 0 saturated carbocycles. The Morgan fingerprint density at radius 2 is 1.92 bits per heavy atom. The fourth-order valence-electron chi connectivity index (χ4n) is 4.40. The van der Waals surface area contributed by atoms with Crippen LogP contribution in [0.5, 0.6) is 11.5 Å². The highest BCUT2D eigenvalue weighted by molar-refractivity contribution is 7.80. The molecule has 2 amide bonds. The number of carbonyl (C=O) groups is 2. The molecule has 0 unspecified atom stereocenters. The summed E-state index contributed by atoms with van der Waals surface area (Å²) in [6, 6.07) is 13.6. The zero-order chi connectivity index (χ0) is 27.2. The number of methoxy groups -OCH3 is 1. The number of amides is 2. The van der Waals surface area contributed by atoms with Gasteiger partial charge < -0.3 is 19.7 Å². The number of thiocarbonyl (C=S) groups is 1. The molecule has 0 bridgehead atoms. The molecule has 10 heteroatoms. The summed E-state index contributed by atoms with van der Waals surface area (Å²) in [5.41, 5.74) is 2.90. The molecule has 1 fully saturated rings. The third-order valence-corrected chi connectivity index (χ3v) is 6.76. The van der Waals surface area contributed by atoms with Crippen molar-refractivity contribution in [3.63, 3.8) is 0 Å². The molecule has 2 aromatic carbocycles. The first kappa shape index (κ1) is 27.1. The Labute approximate surface area is 228 Å². The summed E-state index contributed by atoms with van der Waals surface area (Å²) in [6.45, 7) is 4.94. The topological polar surface area (TPSA) is 88.9 Å². The maximum atomic E-state index is 13.7. The average molecular weight is 536 g/mol. The van der Waals surface area contributed by atoms with E-state index in [4.69, 9.17) is 21.7 Å². The Hall–Kier alpha value is -3.92. The van der Waals surface area contributed by atoms with Gasteiger partial charge in [0.2, 0.25) is 5.91 Å². The number of carbonyl (C=O) groups excluding carboxylic acids is 2. The van der Waals surface area contributed by atoms with Crippen molar-refractivity contribution in [2.24, 2.45) is 7.05 Å². The first-order chi connectivity index (χ1) is 18.3. The molecule has 1 atom stereocenters. The van der Waals surface area contributed by atoms with Crippen molar-refractivity contribution in [3.8, 4) is 11.5 Å². The van der Waals surface area contributed by atoms with Gasteiger partial charge in [0.25, 0.3) is 5.91 Å². The molecule has 2 heterocycles. The zero-order valence-electron chi connectivity index (χ0n) is 22.1. The number of nitrogens with one attached hydrogen (secondary N) is 1. The van der Waals surface area contributed by atoms with Gasteiger partial charge in [0.05, 0.1) is 37.2 Å². The molecular formula is C28H33N5O4S. The fourth-order valence-corrected chi connectivity index (χ4v) is 4.70. The third kappa shape index (κ3) is 5.96. The van der Waals surface area contributed by atoms with Crippen molar-refractivity contribution < 1.29 is 19.1 Å². The summed E-state index contributed by atoms with van der Waals surface area (Å²) in [5.74, 6) is 0.700. The lowest BCUT2D eigenvalue weighted by molar-refractivity contribution is -0.122. The molecule has 3 aromatic rings. The number of hydrogen-bond acceptors (Lipinski definition) is 6. The summed E-state index contributed by atoms with van der Waals surface area (Å²) in [6.07, 6.45) is 3.89. The van der Waals surface area contributed by atoms with Gasteiger partial charge in [-0.3, -0.25) is 14.3 Å². The monoisotopic (exact) mass is 535 g/mol. The van der Waals surface area contributed by atoms with Gasteiger partial charge in [-0.2, -0.15) is 5.10 Å². The molecule has 0 radical (unpaired) electrons. The summed E-state index contributed by atoms with van der Waals surface area (Å²) >= 11 is 5.80. The number of hydrogen-bond donors (Lipinski definition) is 1. The van der Waals surface area contributed by atoms with E-state index in [1.165, 1.54) is 4.90 Å². The second-order valence-electron chi connectivity index (χ2n) is 9.15. The van der Waals surface area contributed by atoms with E-state index in [-0.39, 0.29) is 18.2 Å². The van der Waals surface area contributed by atoms with Crippen LogP contribution in [0.4, 0.5) is 11.4 Å². The number of aryl methyl sites for hydroxylation is 2. The summed E-state index contributed by atoms with van der Waals surface area (Å²) in [5, 5.41) is 7.95. The third-order valence-electron chi connectivity index (χ3n) is 6.43. The van der Waals surface area contributed by atoms with E-state index in [2.05, 4.69) is 17.3 Å². The normalized spacial score (nSPS) is 15.1. The molecule has 1 aromatic heterocycles. The molecule has 38 heavy (non-hydrogen) atoms. The number of nitrogens with zero attached hydrogens (tertiary/aromatic N) is 4. The Balaban J connectivity index is 1.59. The Morgan fingerprint density at radius 1 is 1.18 bits per heavy atom. The van der Waals surface area contributed by atoms with E-state index >= 15 is 0 Å².